The lowest BCUT2D eigenvalue weighted by Crippen LogP contribution is -2.55. The second-order valence-electron chi connectivity index (χ2n) is 8.26. The van der Waals surface area contributed by atoms with E-state index in [4.69, 9.17) is 4.74 Å². The first kappa shape index (κ1) is 18.7. The van der Waals surface area contributed by atoms with Crippen LogP contribution in [0.4, 0.5) is 0 Å². The molecular weight excluding hydrogens is 328 g/mol. The van der Waals surface area contributed by atoms with E-state index in [2.05, 4.69) is 31.1 Å². The van der Waals surface area contributed by atoms with E-state index >= 15 is 0 Å². The predicted molar refractivity (Wildman–Crippen MR) is 104 cm³/mol. The zero-order valence-electron chi connectivity index (χ0n) is 16.1. The Balaban J connectivity index is 1.66. The molecule has 0 unspecified atom stereocenters. The van der Waals surface area contributed by atoms with Gasteiger partial charge in [0.2, 0.25) is 0 Å². The van der Waals surface area contributed by atoms with Crippen LogP contribution >= 0.6 is 0 Å². The van der Waals surface area contributed by atoms with E-state index in [1.807, 2.05) is 0 Å². The molecule has 1 aromatic carbocycles. The van der Waals surface area contributed by atoms with Gasteiger partial charge in [0, 0.05) is 18.7 Å². The second kappa shape index (κ2) is 8.10. The Hall–Kier alpha value is -1.04. The smallest absolute Gasteiger partial charge is 0.161 e. The van der Waals surface area contributed by atoms with Crippen LogP contribution in [-0.2, 0) is 0 Å². The fraction of sp³-hybridized carbons (Fsp3) is 0.700. The molecular formula is C20H33N2O2Si+. The summed E-state index contributed by atoms with van der Waals surface area (Å²) in [5, 5.41) is 12.0. The zero-order valence-corrected chi connectivity index (χ0v) is 17.1. The highest BCUT2D eigenvalue weighted by Gasteiger charge is 2.25. The van der Waals surface area contributed by atoms with Gasteiger partial charge in [-0.05, 0) is 30.1 Å². The average Bonchev–Trinajstić information content (AvgIpc) is 2.61. The van der Waals surface area contributed by atoms with Crippen LogP contribution in [0.25, 0.3) is 0 Å². The summed E-state index contributed by atoms with van der Waals surface area (Å²) in [6.45, 7) is 4.75. The monoisotopic (exact) mass is 361 g/mol. The number of hydrogen-bond acceptors (Lipinski definition) is 3. The lowest BCUT2D eigenvalue weighted by molar-refractivity contribution is -0.894. The van der Waals surface area contributed by atoms with Crippen molar-refractivity contribution in [3.8, 4) is 11.5 Å². The molecule has 0 amide bonds. The van der Waals surface area contributed by atoms with Crippen molar-refractivity contribution in [2.75, 3.05) is 53.6 Å². The Morgan fingerprint density at radius 3 is 2.48 bits per heavy atom. The van der Waals surface area contributed by atoms with Gasteiger partial charge in [-0.1, -0.05) is 31.4 Å². The summed E-state index contributed by atoms with van der Waals surface area (Å²) in [5.74, 6) is 1.62. The van der Waals surface area contributed by atoms with E-state index in [1.54, 1.807) is 7.11 Å². The van der Waals surface area contributed by atoms with Crippen LogP contribution in [0.5, 0.6) is 11.5 Å². The van der Waals surface area contributed by atoms with Crippen molar-refractivity contribution in [2.45, 2.75) is 38.0 Å². The molecule has 0 bridgehead atoms. The Kier molecular flexibility index (Phi) is 6.07. The Morgan fingerprint density at radius 2 is 1.84 bits per heavy atom. The molecule has 25 heavy (non-hydrogen) atoms. The molecule has 1 aliphatic heterocycles. The zero-order chi connectivity index (χ0) is 17.9. The van der Waals surface area contributed by atoms with Gasteiger partial charge in [-0.3, -0.25) is 4.90 Å². The molecule has 0 aromatic heterocycles. The highest BCUT2D eigenvalue weighted by Crippen LogP contribution is 2.40. The topological polar surface area (TPSA) is 32.7 Å². The van der Waals surface area contributed by atoms with Crippen LogP contribution in [0.2, 0.25) is 0 Å². The van der Waals surface area contributed by atoms with Gasteiger partial charge in [0.1, 0.15) is 9.52 Å². The van der Waals surface area contributed by atoms with Gasteiger partial charge in [0.05, 0.1) is 34.3 Å². The Labute approximate surface area is 155 Å². The van der Waals surface area contributed by atoms with Crippen LogP contribution in [0.15, 0.2) is 12.1 Å². The fourth-order valence-corrected chi connectivity index (χ4v) is 5.37. The molecule has 4 nitrogen and oxygen atoms in total. The fourth-order valence-electron chi connectivity index (χ4n) is 4.08. The molecule has 0 atom stereocenters. The normalized spacial score (nSPS) is 22.0. The summed E-state index contributed by atoms with van der Waals surface area (Å²) < 4.78 is 6.74. The third kappa shape index (κ3) is 4.57. The number of hydrogen-bond donors (Lipinski definition) is 1. The first-order valence-corrected chi connectivity index (χ1v) is 10.9. The molecule has 2 aliphatic rings. The molecule has 0 spiro atoms. The predicted octanol–water partition coefficient (Wildman–Crippen LogP) is 2.13. The number of piperazine rings is 1. The molecule has 5 heteroatoms. The van der Waals surface area contributed by atoms with Crippen molar-refractivity contribution < 1.29 is 14.3 Å². The van der Waals surface area contributed by atoms with Crippen molar-refractivity contribution in [1.29, 1.82) is 0 Å². The lowest BCUT2D eigenvalue weighted by Gasteiger charge is -2.39. The molecule has 1 N–H and O–H groups in total. The molecule has 3 rings (SSSR count). The van der Waals surface area contributed by atoms with Gasteiger partial charge < -0.3 is 14.3 Å². The quantitative estimate of drug-likeness (QED) is 0.644. The molecule has 1 saturated heterocycles. The summed E-state index contributed by atoms with van der Waals surface area (Å²) in [5.41, 5.74) is 1.10. The summed E-state index contributed by atoms with van der Waals surface area (Å²) in [7, 11) is 6.97. The van der Waals surface area contributed by atoms with Crippen molar-refractivity contribution in [3.05, 3.63) is 17.7 Å². The number of nitrogens with zero attached hydrogens (tertiary/aromatic N) is 2. The van der Waals surface area contributed by atoms with E-state index in [9.17, 15) is 5.11 Å². The van der Waals surface area contributed by atoms with E-state index in [0.717, 1.165) is 35.1 Å². The molecule has 2 radical (unpaired) electrons. The number of ether oxygens (including phenoxy) is 1. The minimum absolute atomic E-state index is 0.399. The van der Waals surface area contributed by atoms with E-state index < -0.39 is 0 Å². The highest BCUT2D eigenvalue weighted by atomic mass is 28.2. The van der Waals surface area contributed by atoms with E-state index in [0.29, 0.717) is 21.2 Å². The number of methoxy groups -OCH3 is 1. The Morgan fingerprint density at radius 1 is 1.16 bits per heavy atom. The minimum Gasteiger partial charge on any atom is -0.504 e. The molecule has 1 aliphatic carbocycles. The van der Waals surface area contributed by atoms with Crippen LogP contribution in [0.3, 0.4) is 0 Å². The number of benzene rings is 1. The number of quaternary nitrogens is 1. The number of aromatic hydroxyl groups is 1. The van der Waals surface area contributed by atoms with Crippen molar-refractivity contribution in [1.82, 2.24) is 4.90 Å². The van der Waals surface area contributed by atoms with Crippen LogP contribution < -0.4 is 9.92 Å². The summed E-state index contributed by atoms with van der Waals surface area (Å²) >= 11 is 0. The molecule has 1 aromatic rings. The largest absolute Gasteiger partial charge is 0.504 e. The third-order valence-electron chi connectivity index (χ3n) is 5.95. The van der Waals surface area contributed by atoms with E-state index in [1.165, 1.54) is 50.4 Å². The third-order valence-corrected chi connectivity index (χ3v) is 7.33. The first-order chi connectivity index (χ1) is 12.0. The number of phenolic OH excluding ortho intramolecular Hbond substituents is 1. The average molecular weight is 362 g/mol. The van der Waals surface area contributed by atoms with Crippen molar-refractivity contribution in [3.63, 3.8) is 0 Å². The maximum atomic E-state index is 10.8. The summed E-state index contributed by atoms with van der Waals surface area (Å²) in [6.07, 6.45) is 7.34. The van der Waals surface area contributed by atoms with Crippen molar-refractivity contribution in [2.24, 2.45) is 0 Å². The second-order valence-corrected chi connectivity index (χ2v) is 9.46. The van der Waals surface area contributed by atoms with Crippen LogP contribution in [-0.4, -0.2) is 77.6 Å². The number of phenols is 1. The number of rotatable bonds is 5. The maximum Gasteiger partial charge on any atom is 0.161 e. The van der Waals surface area contributed by atoms with Crippen molar-refractivity contribution >= 4 is 14.7 Å². The van der Waals surface area contributed by atoms with Gasteiger partial charge in [-0.15, -0.1) is 0 Å². The van der Waals surface area contributed by atoms with Gasteiger partial charge in [0.15, 0.2) is 11.5 Å². The Bertz CT molecular complexity index is 575. The SMILES string of the molecule is COc1c([Si]CN2CC[N+](C)(C)CC2)ccc(C2CCCCC2)c1O. The van der Waals surface area contributed by atoms with Gasteiger partial charge in [-0.25, -0.2) is 0 Å². The van der Waals surface area contributed by atoms with Crippen LogP contribution in [0, 0.1) is 0 Å². The van der Waals surface area contributed by atoms with Crippen LogP contribution in [0.1, 0.15) is 43.6 Å². The van der Waals surface area contributed by atoms with E-state index in [-0.39, 0.29) is 0 Å². The molecule has 2 fully saturated rings. The molecule has 138 valence electrons. The minimum atomic E-state index is 0.399. The van der Waals surface area contributed by atoms with Gasteiger partial charge in [-0.2, -0.15) is 0 Å². The number of likely N-dealkylation sites (N-methyl/N-ethyl adjacent to an activating group) is 1. The molecule has 1 heterocycles. The summed E-state index contributed by atoms with van der Waals surface area (Å²) in [6, 6.07) is 4.36. The van der Waals surface area contributed by atoms with Gasteiger partial charge in [0.25, 0.3) is 0 Å². The first-order valence-electron chi connectivity index (χ1n) is 9.68. The summed E-state index contributed by atoms with van der Waals surface area (Å²) in [4.78, 5) is 2.55. The lowest BCUT2D eigenvalue weighted by atomic mass is 9.83. The highest BCUT2D eigenvalue weighted by molar-refractivity contribution is 6.55. The molecule has 1 saturated carbocycles. The maximum absolute atomic E-state index is 10.8. The van der Waals surface area contributed by atoms with Gasteiger partial charge >= 0.3 is 0 Å². The standard InChI is InChI=1S/C20H32N2O2Si/c1-22(2)13-11-21(12-14-22)15-25-18-10-9-17(19(23)20(18)24-3)16-7-5-4-6-8-16/h9-10,16H,4-8,11-15H2,1-3H3/p+1.